The number of likely N-dealkylation sites (N-methyl/N-ethyl adjacent to an activating group) is 1. The number of anilines is 1. The van der Waals surface area contributed by atoms with E-state index < -0.39 is 0 Å². The van der Waals surface area contributed by atoms with Crippen LogP contribution in [0.25, 0.3) is 0 Å². The van der Waals surface area contributed by atoms with Crippen LogP contribution in [0.2, 0.25) is 0 Å². The van der Waals surface area contributed by atoms with Gasteiger partial charge in [-0.15, -0.1) is 0 Å². The standard InChI is InChI=1S/C16H27N3O/c1-5-19(15-8-6-7-13(2)11-15)10-9-18-16(20)14(3)12-17-4/h6-8,11,14,17H,5,9-10,12H2,1-4H3,(H,18,20). The van der Waals surface area contributed by atoms with Crippen LogP contribution < -0.4 is 15.5 Å². The summed E-state index contributed by atoms with van der Waals surface area (Å²) < 4.78 is 0. The molecule has 0 heterocycles. The molecule has 112 valence electrons. The predicted octanol–water partition coefficient (Wildman–Crippen LogP) is 1.79. The van der Waals surface area contributed by atoms with Crippen LogP contribution in [-0.4, -0.2) is 39.1 Å². The fourth-order valence-electron chi connectivity index (χ4n) is 2.18. The third-order valence-corrected chi connectivity index (χ3v) is 3.39. The van der Waals surface area contributed by atoms with Gasteiger partial charge in [-0.2, -0.15) is 0 Å². The van der Waals surface area contributed by atoms with Gasteiger partial charge in [0.2, 0.25) is 5.91 Å². The van der Waals surface area contributed by atoms with Crippen LogP contribution in [0.15, 0.2) is 24.3 Å². The lowest BCUT2D eigenvalue weighted by Crippen LogP contribution is -2.39. The Bertz CT molecular complexity index is 420. The number of carbonyl (C=O) groups excluding carboxylic acids is 1. The summed E-state index contributed by atoms with van der Waals surface area (Å²) in [5, 5.41) is 6.02. The molecule has 0 radical (unpaired) electrons. The highest BCUT2D eigenvalue weighted by molar-refractivity contribution is 5.78. The first-order valence-corrected chi connectivity index (χ1v) is 7.32. The van der Waals surface area contributed by atoms with Gasteiger partial charge in [0.25, 0.3) is 0 Å². The molecule has 1 unspecified atom stereocenters. The second kappa shape index (κ2) is 8.59. The highest BCUT2D eigenvalue weighted by Gasteiger charge is 2.11. The average Bonchev–Trinajstić information content (AvgIpc) is 2.43. The molecule has 0 fully saturated rings. The molecule has 1 amide bonds. The molecule has 2 N–H and O–H groups in total. The first kappa shape index (κ1) is 16.5. The Morgan fingerprint density at radius 2 is 2.15 bits per heavy atom. The van der Waals surface area contributed by atoms with Crippen LogP contribution in [0.4, 0.5) is 5.69 Å². The lowest BCUT2D eigenvalue weighted by atomic mass is 10.1. The minimum atomic E-state index is 0.00838. The summed E-state index contributed by atoms with van der Waals surface area (Å²) in [6, 6.07) is 8.45. The summed E-state index contributed by atoms with van der Waals surface area (Å²) >= 11 is 0. The van der Waals surface area contributed by atoms with Crippen LogP contribution in [0.1, 0.15) is 19.4 Å². The molecule has 4 nitrogen and oxygen atoms in total. The van der Waals surface area contributed by atoms with E-state index in [9.17, 15) is 4.79 Å². The van der Waals surface area contributed by atoms with E-state index in [1.807, 2.05) is 14.0 Å². The molecule has 0 spiro atoms. The molecule has 1 aromatic rings. The van der Waals surface area contributed by atoms with Crippen LogP contribution in [-0.2, 0) is 4.79 Å². The van der Waals surface area contributed by atoms with Gasteiger partial charge in [0.05, 0.1) is 0 Å². The summed E-state index contributed by atoms with van der Waals surface area (Å²) in [6.45, 7) is 9.32. The molecule has 4 heteroatoms. The number of nitrogens with one attached hydrogen (secondary N) is 2. The van der Waals surface area contributed by atoms with Crippen molar-refractivity contribution >= 4 is 11.6 Å². The number of carbonyl (C=O) groups is 1. The van der Waals surface area contributed by atoms with Gasteiger partial charge in [0.15, 0.2) is 0 Å². The number of nitrogens with zero attached hydrogens (tertiary/aromatic N) is 1. The van der Waals surface area contributed by atoms with E-state index in [1.54, 1.807) is 0 Å². The fraction of sp³-hybridized carbons (Fsp3) is 0.562. The molecule has 20 heavy (non-hydrogen) atoms. The van der Waals surface area contributed by atoms with Crippen molar-refractivity contribution in [3.8, 4) is 0 Å². The SMILES string of the molecule is CCN(CCNC(=O)C(C)CNC)c1cccc(C)c1. The Kier molecular flexibility index (Phi) is 7.09. The maximum absolute atomic E-state index is 11.8. The van der Waals surface area contributed by atoms with E-state index in [4.69, 9.17) is 0 Å². The number of benzene rings is 1. The summed E-state index contributed by atoms with van der Waals surface area (Å²) in [4.78, 5) is 14.1. The summed E-state index contributed by atoms with van der Waals surface area (Å²) in [5.74, 6) is 0.119. The second-order valence-electron chi connectivity index (χ2n) is 5.17. The molecule has 0 aliphatic heterocycles. The third-order valence-electron chi connectivity index (χ3n) is 3.39. The van der Waals surface area contributed by atoms with E-state index in [0.717, 1.165) is 13.1 Å². The minimum absolute atomic E-state index is 0.00838. The zero-order valence-electron chi connectivity index (χ0n) is 13.1. The maximum Gasteiger partial charge on any atom is 0.224 e. The smallest absolute Gasteiger partial charge is 0.224 e. The minimum Gasteiger partial charge on any atom is -0.370 e. The molecule has 1 aromatic carbocycles. The van der Waals surface area contributed by atoms with E-state index in [2.05, 4.69) is 53.6 Å². The van der Waals surface area contributed by atoms with Crippen molar-refractivity contribution in [1.29, 1.82) is 0 Å². The molecular formula is C16H27N3O. The van der Waals surface area contributed by atoms with Crippen LogP contribution in [0.5, 0.6) is 0 Å². The van der Waals surface area contributed by atoms with Crippen molar-refractivity contribution in [2.24, 2.45) is 5.92 Å². The molecule has 0 bridgehead atoms. The zero-order chi connectivity index (χ0) is 15.0. The number of amides is 1. The van der Waals surface area contributed by atoms with Crippen molar-refractivity contribution < 1.29 is 4.79 Å². The normalized spacial score (nSPS) is 12.0. The van der Waals surface area contributed by atoms with Crippen molar-refractivity contribution in [2.75, 3.05) is 38.1 Å². The molecule has 0 aliphatic carbocycles. The Morgan fingerprint density at radius 1 is 1.40 bits per heavy atom. The number of rotatable bonds is 8. The van der Waals surface area contributed by atoms with E-state index in [-0.39, 0.29) is 11.8 Å². The topological polar surface area (TPSA) is 44.4 Å². The number of aryl methyl sites for hydroxylation is 1. The summed E-state index contributed by atoms with van der Waals surface area (Å²) in [6.07, 6.45) is 0. The molecule has 1 atom stereocenters. The monoisotopic (exact) mass is 277 g/mol. The molecular weight excluding hydrogens is 250 g/mol. The van der Waals surface area contributed by atoms with E-state index in [1.165, 1.54) is 11.3 Å². The summed E-state index contributed by atoms with van der Waals surface area (Å²) in [7, 11) is 1.86. The number of hydrogen-bond acceptors (Lipinski definition) is 3. The van der Waals surface area contributed by atoms with Gasteiger partial charge < -0.3 is 15.5 Å². The van der Waals surface area contributed by atoms with Crippen molar-refractivity contribution in [1.82, 2.24) is 10.6 Å². The third kappa shape index (κ3) is 5.21. The van der Waals surface area contributed by atoms with Crippen LogP contribution in [0, 0.1) is 12.8 Å². The molecule has 1 rings (SSSR count). The van der Waals surface area contributed by atoms with Crippen molar-refractivity contribution in [3.05, 3.63) is 29.8 Å². The lowest BCUT2D eigenvalue weighted by Gasteiger charge is -2.24. The first-order chi connectivity index (χ1) is 9.58. The Morgan fingerprint density at radius 3 is 2.75 bits per heavy atom. The predicted molar refractivity (Wildman–Crippen MR) is 85.2 cm³/mol. The van der Waals surface area contributed by atoms with Crippen LogP contribution >= 0.6 is 0 Å². The molecule has 0 aliphatic rings. The second-order valence-corrected chi connectivity index (χ2v) is 5.17. The van der Waals surface area contributed by atoms with Crippen molar-refractivity contribution in [3.63, 3.8) is 0 Å². The van der Waals surface area contributed by atoms with Gasteiger partial charge in [0, 0.05) is 37.8 Å². The molecule has 0 aromatic heterocycles. The van der Waals surface area contributed by atoms with Gasteiger partial charge >= 0.3 is 0 Å². The Balaban J connectivity index is 2.44. The van der Waals surface area contributed by atoms with Gasteiger partial charge in [-0.1, -0.05) is 19.1 Å². The zero-order valence-corrected chi connectivity index (χ0v) is 13.1. The Labute approximate surface area is 122 Å². The molecule has 0 saturated carbocycles. The quantitative estimate of drug-likeness (QED) is 0.761. The van der Waals surface area contributed by atoms with Gasteiger partial charge in [0.1, 0.15) is 0 Å². The van der Waals surface area contributed by atoms with Crippen molar-refractivity contribution in [2.45, 2.75) is 20.8 Å². The fourth-order valence-corrected chi connectivity index (χ4v) is 2.18. The number of hydrogen-bond donors (Lipinski definition) is 2. The maximum atomic E-state index is 11.8. The highest BCUT2D eigenvalue weighted by atomic mass is 16.1. The lowest BCUT2D eigenvalue weighted by molar-refractivity contribution is -0.124. The average molecular weight is 277 g/mol. The Hall–Kier alpha value is -1.55. The van der Waals surface area contributed by atoms with Gasteiger partial charge in [-0.3, -0.25) is 4.79 Å². The largest absolute Gasteiger partial charge is 0.370 e. The van der Waals surface area contributed by atoms with E-state index in [0.29, 0.717) is 13.1 Å². The first-order valence-electron chi connectivity index (χ1n) is 7.32. The van der Waals surface area contributed by atoms with Crippen LogP contribution in [0.3, 0.4) is 0 Å². The highest BCUT2D eigenvalue weighted by Crippen LogP contribution is 2.14. The summed E-state index contributed by atoms with van der Waals surface area (Å²) in [5.41, 5.74) is 2.47. The van der Waals surface area contributed by atoms with Gasteiger partial charge in [-0.25, -0.2) is 0 Å². The molecule has 0 saturated heterocycles. The van der Waals surface area contributed by atoms with E-state index >= 15 is 0 Å². The van der Waals surface area contributed by atoms with Gasteiger partial charge in [-0.05, 0) is 38.6 Å².